The van der Waals surface area contributed by atoms with Crippen LogP contribution in [-0.4, -0.2) is 36.4 Å². The number of rotatable bonds is 7. The molecule has 2 aromatic carbocycles. The minimum atomic E-state index is -4.49. The Morgan fingerprint density at radius 1 is 1.04 bits per heavy atom. The maximum Gasteiger partial charge on any atom is 0.460 e. The van der Waals surface area contributed by atoms with Crippen molar-refractivity contribution in [2.24, 2.45) is 0 Å². The highest BCUT2D eigenvalue weighted by atomic mass is 19.4. The monoisotopic (exact) mass is 351 g/mol. The largest absolute Gasteiger partial charge is 0.461 e. The van der Waals surface area contributed by atoms with Gasteiger partial charge in [0.1, 0.15) is 6.61 Å². The van der Waals surface area contributed by atoms with Crippen LogP contribution in [0.2, 0.25) is 0 Å². The third-order valence-corrected chi connectivity index (χ3v) is 3.81. The van der Waals surface area contributed by atoms with Crippen LogP contribution in [0.15, 0.2) is 60.7 Å². The van der Waals surface area contributed by atoms with Crippen LogP contribution in [0.25, 0.3) is 0 Å². The molecule has 2 rings (SSSR count). The predicted octanol–water partition coefficient (Wildman–Crippen LogP) is 4.30. The van der Waals surface area contributed by atoms with Crippen molar-refractivity contribution in [2.75, 3.05) is 13.2 Å². The summed E-state index contributed by atoms with van der Waals surface area (Å²) in [5.74, 6) is -0.626. The Kier molecular flexibility index (Phi) is 6.58. The van der Waals surface area contributed by atoms with Crippen molar-refractivity contribution in [1.82, 2.24) is 4.90 Å². The van der Waals surface area contributed by atoms with Gasteiger partial charge in [0.25, 0.3) is 0 Å². The van der Waals surface area contributed by atoms with Gasteiger partial charge < -0.3 is 4.74 Å². The van der Waals surface area contributed by atoms with Crippen molar-refractivity contribution >= 4 is 5.97 Å². The molecule has 3 nitrogen and oxygen atoms in total. The van der Waals surface area contributed by atoms with Crippen LogP contribution < -0.4 is 0 Å². The summed E-state index contributed by atoms with van der Waals surface area (Å²) < 4.78 is 44.9. The van der Waals surface area contributed by atoms with E-state index >= 15 is 0 Å². The number of carbonyl (C=O) groups excluding carboxylic acids is 1. The average molecular weight is 351 g/mol. The summed E-state index contributed by atoms with van der Waals surface area (Å²) in [6.07, 6.45) is -4.24. The van der Waals surface area contributed by atoms with Crippen molar-refractivity contribution in [2.45, 2.75) is 25.7 Å². The first kappa shape index (κ1) is 19.0. The van der Waals surface area contributed by atoms with Crippen molar-refractivity contribution < 1.29 is 22.7 Å². The summed E-state index contributed by atoms with van der Waals surface area (Å²) >= 11 is 0. The third-order valence-electron chi connectivity index (χ3n) is 3.81. The minimum Gasteiger partial charge on any atom is -0.461 e. The minimum absolute atomic E-state index is 0.257. The maximum absolute atomic E-state index is 13.3. The predicted molar refractivity (Wildman–Crippen MR) is 89.1 cm³/mol. The molecule has 0 spiro atoms. The van der Waals surface area contributed by atoms with E-state index in [1.165, 1.54) is 6.92 Å². The van der Waals surface area contributed by atoms with E-state index in [2.05, 4.69) is 0 Å². The highest BCUT2D eigenvalue weighted by Crippen LogP contribution is 2.25. The van der Waals surface area contributed by atoms with Crippen LogP contribution in [0.3, 0.4) is 0 Å². The van der Waals surface area contributed by atoms with Crippen molar-refractivity contribution in [1.29, 1.82) is 0 Å². The number of esters is 1. The van der Waals surface area contributed by atoms with Gasteiger partial charge in [-0.25, -0.2) is 9.69 Å². The van der Waals surface area contributed by atoms with Gasteiger partial charge in [0.15, 0.2) is 0 Å². The van der Waals surface area contributed by atoms with E-state index < -0.39 is 24.9 Å². The van der Waals surface area contributed by atoms with Gasteiger partial charge in [-0.1, -0.05) is 48.5 Å². The number of carbonyl (C=O) groups is 1. The molecular weight excluding hydrogens is 331 g/mol. The molecule has 0 bridgehead atoms. The Morgan fingerprint density at radius 2 is 1.60 bits per heavy atom. The van der Waals surface area contributed by atoms with E-state index in [4.69, 9.17) is 4.74 Å². The van der Waals surface area contributed by atoms with Crippen LogP contribution in [0.5, 0.6) is 0 Å². The Hall–Kier alpha value is -2.34. The Morgan fingerprint density at radius 3 is 2.16 bits per heavy atom. The van der Waals surface area contributed by atoms with E-state index in [1.54, 1.807) is 54.6 Å². The third kappa shape index (κ3) is 5.90. The summed E-state index contributed by atoms with van der Waals surface area (Å²) in [7, 11) is 0. The topological polar surface area (TPSA) is 29.5 Å². The molecule has 0 radical (unpaired) electrons. The van der Waals surface area contributed by atoms with Gasteiger partial charge in [-0.05, 0) is 31.0 Å². The number of hydrogen-bond donors (Lipinski definition) is 0. The zero-order chi connectivity index (χ0) is 18.3. The van der Waals surface area contributed by atoms with Crippen molar-refractivity contribution in [3.8, 4) is 0 Å². The van der Waals surface area contributed by atoms with Gasteiger partial charge in [-0.2, -0.15) is 13.2 Å². The molecule has 0 aromatic heterocycles. The summed E-state index contributed by atoms with van der Waals surface area (Å²) in [6.45, 7) is 0.780. The van der Waals surface area contributed by atoms with Crippen LogP contribution in [0, 0.1) is 0 Å². The maximum atomic E-state index is 13.3. The molecular formula is C19H20F3NO2. The van der Waals surface area contributed by atoms with Gasteiger partial charge in [-0.15, -0.1) is 0 Å². The second-order valence-electron chi connectivity index (χ2n) is 5.70. The van der Waals surface area contributed by atoms with Crippen LogP contribution >= 0.6 is 0 Å². The van der Waals surface area contributed by atoms with Gasteiger partial charge in [0, 0.05) is 12.6 Å². The smallest absolute Gasteiger partial charge is 0.460 e. The lowest BCUT2D eigenvalue weighted by atomic mass is 10.1. The lowest BCUT2D eigenvalue weighted by molar-refractivity contribution is -0.258. The highest BCUT2D eigenvalue weighted by Gasteiger charge is 2.40. The van der Waals surface area contributed by atoms with Crippen molar-refractivity contribution in [3.05, 3.63) is 71.8 Å². The quantitative estimate of drug-likeness (QED) is 0.550. The second kappa shape index (κ2) is 8.67. The number of benzene rings is 2. The summed E-state index contributed by atoms with van der Waals surface area (Å²) in [6, 6.07) is 16.4. The molecule has 0 fully saturated rings. The van der Waals surface area contributed by atoms with Gasteiger partial charge in [0.2, 0.25) is 0 Å². The molecule has 0 aliphatic rings. The second-order valence-corrected chi connectivity index (χ2v) is 5.70. The van der Waals surface area contributed by atoms with Gasteiger partial charge >= 0.3 is 12.3 Å². The molecule has 0 aliphatic carbocycles. The molecule has 0 heterocycles. The molecule has 1 atom stereocenters. The molecule has 0 saturated heterocycles. The Bertz CT molecular complexity index is 659. The molecule has 134 valence electrons. The molecule has 1 unspecified atom stereocenters. The zero-order valence-corrected chi connectivity index (χ0v) is 13.9. The fourth-order valence-electron chi connectivity index (χ4n) is 2.56. The molecule has 25 heavy (non-hydrogen) atoms. The van der Waals surface area contributed by atoms with Gasteiger partial charge in [0.05, 0.1) is 5.56 Å². The SMILES string of the molecule is CC(Cc1ccccc1)N(CCOC(=O)c1ccccc1)C(F)(F)F. The molecule has 0 saturated carbocycles. The van der Waals surface area contributed by atoms with E-state index in [-0.39, 0.29) is 13.0 Å². The van der Waals surface area contributed by atoms with E-state index in [1.807, 2.05) is 6.07 Å². The summed E-state index contributed by atoms with van der Waals surface area (Å²) in [5, 5.41) is 0. The molecule has 0 amide bonds. The number of alkyl halides is 3. The first-order chi connectivity index (χ1) is 11.9. The number of halogens is 3. The summed E-state index contributed by atoms with van der Waals surface area (Å²) in [4.78, 5) is 12.2. The normalized spacial score (nSPS) is 12.8. The standard InChI is InChI=1S/C19H20F3NO2/c1-15(14-16-8-4-2-5-9-16)23(19(20,21)22)12-13-25-18(24)17-10-6-3-7-11-17/h2-11,15H,12-14H2,1H3. The molecule has 6 heteroatoms. The number of ether oxygens (including phenoxy) is 1. The first-order valence-electron chi connectivity index (χ1n) is 7.97. The molecule has 0 aliphatic heterocycles. The summed E-state index contributed by atoms with van der Waals surface area (Å²) in [5.41, 5.74) is 1.14. The van der Waals surface area contributed by atoms with Crippen molar-refractivity contribution in [3.63, 3.8) is 0 Å². The van der Waals surface area contributed by atoms with Gasteiger partial charge in [-0.3, -0.25) is 0 Å². The number of nitrogens with zero attached hydrogens (tertiary/aromatic N) is 1. The van der Waals surface area contributed by atoms with Crippen LogP contribution in [-0.2, 0) is 11.2 Å². The van der Waals surface area contributed by atoms with E-state index in [0.717, 1.165) is 5.56 Å². The van der Waals surface area contributed by atoms with Crippen LogP contribution in [0.4, 0.5) is 13.2 Å². The fraction of sp³-hybridized carbons (Fsp3) is 0.316. The highest BCUT2D eigenvalue weighted by molar-refractivity contribution is 5.89. The Labute approximate surface area is 145 Å². The first-order valence-corrected chi connectivity index (χ1v) is 7.97. The van der Waals surface area contributed by atoms with Crippen LogP contribution in [0.1, 0.15) is 22.8 Å². The van der Waals surface area contributed by atoms with E-state index in [0.29, 0.717) is 10.5 Å². The molecule has 0 N–H and O–H groups in total. The lowest BCUT2D eigenvalue weighted by Crippen LogP contribution is -2.47. The lowest BCUT2D eigenvalue weighted by Gasteiger charge is -2.30. The fourth-order valence-corrected chi connectivity index (χ4v) is 2.56. The zero-order valence-electron chi connectivity index (χ0n) is 13.9. The Balaban J connectivity index is 1.93. The number of hydrogen-bond acceptors (Lipinski definition) is 3. The van der Waals surface area contributed by atoms with E-state index in [9.17, 15) is 18.0 Å². The average Bonchev–Trinajstić information content (AvgIpc) is 2.59. The molecule has 2 aromatic rings.